The van der Waals surface area contributed by atoms with Gasteiger partial charge in [-0.15, -0.1) is 11.3 Å². The smallest absolute Gasteiger partial charge is 0.276 e. The van der Waals surface area contributed by atoms with Gasteiger partial charge in [0.25, 0.3) is 5.78 Å². The van der Waals surface area contributed by atoms with E-state index in [0.29, 0.717) is 5.78 Å². The monoisotopic (exact) mass is 402 g/mol. The van der Waals surface area contributed by atoms with E-state index >= 15 is 0 Å². The molecule has 9 heteroatoms. The third kappa shape index (κ3) is 3.70. The van der Waals surface area contributed by atoms with E-state index in [1.165, 1.54) is 22.2 Å². The molecule has 0 bridgehead atoms. The third-order valence-electron chi connectivity index (χ3n) is 5.59. The van der Waals surface area contributed by atoms with Crippen molar-refractivity contribution in [1.82, 2.24) is 34.8 Å². The van der Waals surface area contributed by atoms with Crippen LogP contribution in [0.25, 0.3) is 16.0 Å². The number of fused-ring (bicyclic) bond motifs is 5. The first-order valence-electron chi connectivity index (χ1n) is 10.5. The van der Waals surface area contributed by atoms with Gasteiger partial charge in [0.15, 0.2) is 0 Å². The molecular weight excluding hydrogens is 372 g/mol. The highest BCUT2D eigenvalue weighted by Crippen LogP contribution is 2.38. The van der Waals surface area contributed by atoms with Crippen molar-refractivity contribution in [3.05, 3.63) is 10.4 Å². The summed E-state index contributed by atoms with van der Waals surface area (Å²) in [6.45, 7) is 14.2. The van der Waals surface area contributed by atoms with Gasteiger partial charge in [-0.05, 0) is 61.4 Å². The Morgan fingerprint density at radius 2 is 2.07 bits per heavy atom. The van der Waals surface area contributed by atoms with Gasteiger partial charge in [0.1, 0.15) is 10.6 Å². The number of nitrogens with one attached hydrogen (secondary N) is 1. The van der Waals surface area contributed by atoms with Crippen LogP contribution in [0.5, 0.6) is 0 Å². The molecular formula is C19H30N8S. The Hall–Kier alpha value is -1.84. The number of tetrazole rings is 1. The number of rotatable bonds is 9. The van der Waals surface area contributed by atoms with Gasteiger partial charge in [-0.25, -0.2) is 0 Å². The molecule has 8 nitrogen and oxygen atoms in total. The highest BCUT2D eigenvalue weighted by Gasteiger charge is 2.25. The van der Waals surface area contributed by atoms with Crippen LogP contribution in [0.3, 0.4) is 0 Å². The Kier molecular flexibility index (Phi) is 6.03. The van der Waals surface area contributed by atoms with Gasteiger partial charge in [-0.1, -0.05) is 25.9 Å². The minimum atomic E-state index is 0.572. The number of hydrogen-bond acceptors (Lipinski definition) is 8. The van der Waals surface area contributed by atoms with Crippen LogP contribution in [-0.2, 0) is 13.0 Å². The molecule has 0 atom stereocenters. The average Bonchev–Trinajstić information content (AvgIpc) is 3.32. The van der Waals surface area contributed by atoms with Crippen LogP contribution in [0.4, 0.5) is 5.82 Å². The van der Waals surface area contributed by atoms with E-state index < -0.39 is 0 Å². The summed E-state index contributed by atoms with van der Waals surface area (Å²) in [5.74, 6) is 1.51. The van der Waals surface area contributed by atoms with E-state index in [0.717, 1.165) is 69.3 Å². The van der Waals surface area contributed by atoms with Crippen molar-refractivity contribution >= 4 is 33.1 Å². The second-order valence-electron chi connectivity index (χ2n) is 7.37. The van der Waals surface area contributed by atoms with Crippen LogP contribution in [-0.4, -0.2) is 74.1 Å². The van der Waals surface area contributed by atoms with E-state index in [9.17, 15) is 0 Å². The summed E-state index contributed by atoms with van der Waals surface area (Å²) in [5, 5.41) is 16.9. The lowest BCUT2D eigenvalue weighted by Gasteiger charge is -2.26. The van der Waals surface area contributed by atoms with Gasteiger partial charge >= 0.3 is 0 Å². The predicted molar refractivity (Wildman–Crippen MR) is 114 cm³/mol. The fourth-order valence-corrected chi connectivity index (χ4v) is 5.39. The summed E-state index contributed by atoms with van der Waals surface area (Å²) in [5.41, 5.74) is 1.43. The normalized spacial score (nSPS) is 15.0. The predicted octanol–water partition coefficient (Wildman–Crippen LogP) is 2.65. The van der Waals surface area contributed by atoms with Crippen LogP contribution in [0, 0.1) is 0 Å². The molecule has 28 heavy (non-hydrogen) atoms. The Balaban J connectivity index is 1.62. The molecule has 1 N–H and O–H groups in total. The van der Waals surface area contributed by atoms with Crippen molar-refractivity contribution in [1.29, 1.82) is 0 Å². The van der Waals surface area contributed by atoms with Crippen molar-refractivity contribution in [3.8, 4) is 0 Å². The van der Waals surface area contributed by atoms with Gasteiger partial charge in [0.2, 0.25) is 0 Å². The molecule has 0 saturated heterocycles. The van der Waals surface area contributed by atoms with E-state index in [2.05, 4.69) is 51.4 Å². The fraction of sp³-hybridized carbons (Fsp3) is 0.684. The van der Waals surface area contributed by atoms with Crippen LogP contribution in [0.2, 0.25) is 0 Å². The van der Waals surface area contributed by atoms with E-state index in [1.807, 2.05) is 11.3 Å². The number of nitrogens with zero attached hydrogens (tertiary/aromatic N) is 7. The highest BCUT2D eigenvalue weighted by molar-refractivity contribution is 7.19. The molecule has 152 valence electrons. The molecule has 1 aliphatic heterocycles. The first-order valence-corrected chi connectivity index (χ1v) is 11.3. The topological polar surface area (TPSA) is 74.5 Å². The van der Waals surface area contributed by atoms with Crippen molar-refractivity contribution < 1.29 is 0 Å². The van der Waals surface area contributed by atoms with E-state index in [-0.39, 0.29) is 0 Å². The van der Waals surface area contributed by atoms with Crippen LogP contribution in [0.15, 0.2) is 0 Å². The summed E-state index contributed by atoms with van der Waals surface area (Å²) < 4.78 is 1.80. The minimum absolute atomic E-state index is 0.572. The maximum Gasteiger partial charge on any atom is 0.276 e. The summed E-state index contributed by atoms with van der Waals surface area (Å²) in [4.78, 5) is 12.3. The molecule has 0 radical (unpaired) electrons. The molecule has 0 saturated carbocycles. The second kappa shape index (κ2) is 8.67. The Morgan fingerprint density at radius 3 is 2.86 bits per heavy atom. The molecule has 0 aliphatic carbocycles. The van der Waals surface area contributed by atoms with Crippen molar-refractivity contribution in [2.45, 2.75) is 46.6 Å². The maximum atomic E-state index is 4.75. The molecule has 0 spiro atoms. The van der Waals surface area contributed by atoms with Gasteiger partial charge in [0, 0.05) is 24.5 Å². The molecule has 3 aromatic rings. The quantitative estimate of drug-likeness (QED) is 0.552. The largest absolute Gasteiger partial charge is 0.369 e. The molecule has 3 aromatic heterocycles. The van der Waals surface area contributed by atoms with Gasteiger partial charge in [-0.2, -0.15) is 9.50 Å². The Morgan fingerprint density at radius 1 is 1.21 bits per heavy atom. The van der Waals surface area contributed by atoms with Gasteiger partial charge in [-0.3, -0.25) is 4.90 Å². The summed E-state index contributed by atoms with van der Waals surface area (Å²) in [7, 11) is 0. The zero-order valence-electron chi connectivity index (χ0n) is 17.1. The van der Waals surface area contributed by atoms with Crippen molar-refractivity contribution in [2.75, 3.05) is 44.6 Å². The number of anilines is 1. The Labute approximate surface area is 169 Å². The molecule has 1 aliphatic rings. The molecule has 0 fully saturated rings. The Bertz CT molecular complexity index is 929. The summed E-state index contributed by atoms with van der Waals surface area (Å²) in [6.07, 6.45) is 3.36. The molecule has 0 unspecified atom stereocenters. The third-order valence-corrected chi connectivity index (χ3v) is 6.78. The number of hydrogen-bond donors (Lipinski definition) is 1. The minimum Gasteiger partial charge on any atom is -0.369 e. The fourth-order valence-electron chi connectivity index (χ4n) is 4.06. The molecule has 0 aromatic carbocycles. The van der Waals surface area contributed by atoms with Gasteiger partial charge < -0.3 is 10.2 Å². The highest BCUT2D eigenvalue weighted by atomic mass is 32.1. The average molecular weight is 403 g/mol. The second-order valence-corrected chi connectivity index (χ2v) is 8.45. The van der Waals surface area contributed by atoms with Crippen molar-refractivity contribution in [2.24, 2.45) is 0 Å². The standard InChI is InChI=1S/C19H30N8S/c1-4-10-26-12-8-14-15(13-26)28-18-16(14)17(21-19-22-23-24-27(18)19)20-9-7-11-25(5-2)6-3/h4-13H2,1-3H3,(H,20,21,22,24). The van der Waals surface area contributed by atoms with Crippen LogP contribution >= 0.6 is 11.3 Å². The maximum absolute atomic E-state index is 4.75. The zero-order valence-corrected chi connectivity index (χ0v) is 17.9. The lowest BCUT2D eigenvalue weighted by atomic mass is 10.0. The number of aromatic nitrogens is 5. The van der Waals surface area contributed by atoms with E-state index in [1.54, 1.807) is 4.52 Å². The van der Waals surface area contributed by atoms with E-state index in [4.69, 9.17) is 4.98 Å². The van der Waals surface area contributed by atoms with Crippen LogP contribution in [0.1, 0.15) is 44.1 Å². The van der Waals surface area contributed by atoms with Crippen molar-refractivity contribution in [3.63, 3.8) is 0 Å². The lowest BCUT2D eigenvalue weighted by Crippen LogP contribution is -2.30. The molecule has 4 rings (SSSR count). The summed E-state index contributed by atoms with van der Waals surface area (Å²) >= 11 is 1.82. The SMILES string of the molecule is CCCN1CCc2c(sc3c2c(NCCCN(CC)CC)nc2nnnn23)C1. The zero-order chi connectivity index (χ0) is 19.5. The first-order chi connectivity index (χ1) is 13.7. The number of thiophene rings is 1. The molecule has 0 amide bonds. The first kappa shape index (κ1) is 19.5. The van der Waals surface area contributed by atoms with Crippen LogP contribution < -0.4 is 5.32 Å². The lowest BCUT2D eigenvalue weighted by molar-refractivity contribution is 0.258. The van der Waals surface area contributed by atoms with Gasteiger partial charge in [0.05, 0.1) is 5.39 Å². The summed E-state index contributed by atoms with van der Waals surface area (Å²) in [6, 6.07) is 0. The molecule has 4 heterocycles.